The van der Waals surface area contributed by atoms with Crippen molar-refractivity contribution in [1.29, 1.82) is 0 Å². The SMILES string of the molecule is CC(C)(C)CCOCCC(O)c1ccccc1. The van der Waals surface area contributed by atoms with Crippen molar-refractivity contribution in [3.8, 4) is 0 Å². The van der Waals surface area contributed by atoms with E-state index in [1.165, 1.54) is 0 Å². The van der Waals surface area contributed by atoms with Crippen LogP contribution in [0.1, 0.15) is 45.3 Å². The Balaban J connectivity index is 2.15. The minimum Gasteiger partial charge on any atom is -0.388 e. The van der Waals surface area contributed by atoms with Gasteiger partial charge in [-0.05, 0) is 17.4 Å². The summed E-state index contributed by atoms with van der Waals surface area (Å²) in [5, 5.41) is 9.90. The summed E-state index contributed by atoms with van der Waals surface area (Å²) in [6, 6.07) is 9.73. The van der Waals surface area contributed by atoms with Crippen LogP contribution in [0, 0.1) is 5.41 Å². The molecule has 0 aliphatic rings. The number of aliphatic hydroxyl groups is 1. The van der Waals surface area contributed by atoms with Crippen LogP contribution >= 0.6 is 0 Å². The van der Waals surface area contributed by atoms with Gasteiger partial charge in [0, 0.05) is 19.6 Å². The van der Waals surface area contributed by atoms with Gasteiger partial charge < -0.3 is 9.84 Å². The van der Waals surface area contributed by atoms with E-state index in [2.05, 4.69) is 20.8 Å². The summed E-state index contributed by atoms with van der Waals surface area (Å²) in [5.41, 5.74) is 1.28. The first-order valence-electron chi connectivity index (χ1n) is 6.30. The third kappa shape index (κ3) is 6.44. The van der Waals surface area contributed by atoms with Gasteiger partial charge in [0.2, 0.25) is 0 Å². The molecule has 1 rings (SSSR count). The summed E-state index contributed by atoms with van der Waals surface area (Å²) in [6.45, 7) is 8.00. The van der Waals surface area contributed by atoms with Crippen molar-refractivity contribution in [3.63, 3.8) is 0 Å². The molecule has 1 unspecified atom stereocenters. The Morgan fingerprint density at radius 2 is 1.76 bits per heavy atom. The van der Waals surface area contributed by atoms with Crippen LogP contribution in [0.3, 0.4) is 0 Å². The molecule has 0 aromatic heterocycles. The zero-order chi connectivity index (χ0) is 12.7. The third-order valence-corrected chi connectivity index (χ3v) is 2.72. The molecule has 96 valence electrons. The third-order valence-electron chi connectivity index (χ3n) is 2.72. The van der Waals surface area contributed by atoms with Crippen LogP contribution < -0.4 is 0 Å². The van der Waals surface area contributed by atoms with Gasteiger partial charge in [0.05, 0.1) is 6.10 Å². The van der Waals surface area contributed by atoms with Gasteiger partial charge in [-0.25, -0.2) is 0 Å². The Labute approximate surface area is 105 Å². The molecule has 0 aliphatic carbocycles. The first-order valence-corrected chi connectivity index (χ1v) is 6.30. The second kappa shape index (κ2) is 6.77. The van der Waals surface area contributed by atoms with E-state index in [1.807, 2.05) is 30.3 Å². The van der Waals surface area contributed by atoms with Crippen LogP contribution in [0.5, 0.6) is 0 Å². The van der Waals surface area contributed by atoms with Crippen LogP contribution in [-0.4, -0.2) is 18.3 Å². The molecule has 0 aliphatic heterocycles. The van der Waals surface area contributed by atoms with Gasteiger partial charge >= 0.3 is 0 Å². The summed E-state index contributed by atoms with van der Waals surface area (Å²) in [4.78, 5) is 0. The fourth-order valence-electron chi connectivity index (χ4n) is 1.52. The molecular weight excluding hydrogens is 212 g/mol. The second-order valence-electron chi connectivity index (χ2n) is 5.64. The van der Waals surface area contributed by atoms with Gasteiger partial charge in [-0.15, -0.1) is 0 Å². The topological polar surface area (TPSA) is 29.5 Å². The maximum Gasteiger partial charge on any atom is 0.0812 e. The standard InChI is InChI=1S/C15H24O2/c1-15(2,3)10-12-17-11-9-14(16)13-7-5-4-6-8-13/h4-8,14,16H,9-12H2,1-3H3. The monoisotopic (exact) mass is 236 g/mol. The van der Waals surface area contributed by atoms with Gasteiger partial charge in [0.1, 0.15) is 0 Å². The van der Waals surface area contributed by atoms with E-state index in [0.717, 1.165) is 18.6 Å². The molecule has 0 fully saturated rings. The average molecular weight is 236 g/mol. The molecule has 0 bridgehead atoms. The van der Waals surface area contributed by atoms with Crippen molar-refractivity contribution in [1.82, 2.24) is 0 Å². The van der Waals surface area contributed by atoms with Crippen molar-refractivity contribution in [2.24, 2.45) is 5.41 Å². The molecule has 2 heteroatoms. The highest BCUT2D eigenvalue weighted by Crippen LogP contribution is 2.19. The molecule has 0 saturated heterocycles. The minimum atomic E-state index is -0.411. The van der Waals surface area contributed by atoms with E-state index in [0.29, 0.717) is 18.4 Å². The second-order valence-corrected chi connectivity index (χ2v) is 5.64. The van der Waals surface area contributed by atoms with Crippen LogP contribution in [0.4, 0.5) is 0 Å². The van der Waals surface area contributed by atoms with Gasteiger partial charge in [-0.1, -0.05) is 51.1 Å². The summed E-state index contributed by atoms with van der Waals surface area (Å²) < 4.78 is 5.54. The Morgan fingerprint density at radius 1 is 1.12 bits per heavy atom. The lowest BCUT2D eigenvalue weighted by molar-refractivity contribution is 0.0691. The fraction of sp³-hybridized carbons (Fsp3) is 0.600. The number of hydrogen-bond acceptors (Lipinski definition) is 2. The molecular formula is C15H24O2. The van der Waals surface area contributed by atoms with Gasteiger partial charge in [-0.3, -0.25) is 0 Å². The zero-order valence-electron chi connectivity index (χ0n) is 11.1. The Kier molecular flexibility index (Phi) is 5.66. The number of hydrogen-bond donors (Lipinski definition) is 1. The van der Waals surface area contributed by atoms with Crippen molar-refractivity contribution in [2.45, 2.75) is 39.7 Å². The van der Waals surface area contributed by atoms with Gasteiger partial charge in [-0.2, -0.15) is 0 Å². The molecule has 0 amide bonds. The predicted molar refractivity (Wildman–Crippen MR) is 70.9 cm³/mol. The van der Waals surface area contributed by atoms with Crippen LogP contribution in [-0.2, 0) is 4.74 Å². The maximum absolute atomic E-state index is 9.90. The minimum absolute atomic E-state index is 0.318. The number of ether oxygens (including phenoxy) is 1. The highest BCUT2D eigenvalue weighted by Gasteiger charge is 2.10. The van der Waals surface area contributed by atoms with Gasteiger partial charge in [0.15, 0.2) is 0 Å². The van der Waals surface area contributed by atoms with Crippen LogP contribution in [0.25, 0.3) is 0 Å². The van der Waals surface area contributed by atoms with Crippen molar-refractivity contribution >= 4 is 0 Å². The molecule has 0 saturated carbocycles. The molecule has 1 aromatic carbocycles. The van der Waals surface area contributed by atoms with Crippen LogP contribution in [0.15, 0.2) is 30.3 Å². The molecule has 1 N–H and O–H groups in total. The molecule has 2 nitrogen and oxygen atoms in total. The summed E-state index contributed by atoms with van der Waals surface area (Å²) in [5.74, 6) is 0. The first kappa shape index (κ1) is 14.2. The average Bonchev–Trinajstić information content (AvgIpc) is 2.28. The van der Waals surface area contributed by atoms with Gasteiger partial charge in [0.25, 0.3) is 0 Å². The molecule has 0 radical (unpaired) electrons. The van der Waals surface area contributed by atoms with E-state index in [1.54, 1.807) is 0 Å². The summed E-state index contributed by atoms with van der Waals surface area (Å²) in [7, 11) is 0. The molecule has 0 spiro atoms. The molecule has 0 heterocycles. The van der Waals surface area contributed by atoms with Crippen molar-refractivity contribution in [2.75, 3.05) is 13.2 Å². The van der Waals surface area contributed by atoms with E-state index in [9.17, 15) is 5.11 Å². The highest BCUT2D eigenvalue weighted by molar-refractivity contribution is 5.16. The first-order chi connectivity index (χ1) is 7.99. The van der Waals surface area contributed by atoms with E-state index < -0.39 is 6.10 Å². The van der Waals surface area contributed by atoms with Crippen molar-refractivity contribution < 1.29 is 9.84 Å². The Hall–Kier alpha value is -0.860. The van der Waals surface area contributed by atoms with E-state index in [4.69, 9.17) is 4.74 Å². The Bertz CT molecular complexity index is 300. The largest absolute Gasteiger partial charge is 0.388 e. The lowest BCUT2D eigenvalue weighted by atomic mass is 9.93. The van der Waals surface area contributed by atoms with Crippen molar-refractivity contribution in [3.05, 3.63) is 35.9 Å². The number of rotatable bonds is 6. The normalized spacial score (nSPS) is 13.6. The lowest BCUT2D eigenvalue weighted by Crippen LogP contribution is -2.11. The molecule has 1 atom stereocenters. The van der Waals surface area contributed by atoms with Crippen LogP contribution in [0.2, 0.25) is 0 Å². The molecule has 1 aromatic rings. The highest BCUT2D eigenvalue weighted by atomic mass is 16.5. The van der Waals surface area contributed by atoms with E-state index in [-0.39, 0.29) is 0 Å². The molecule has 17 heavy (non-hydrogen) atoms. The number of aliphatic hydroxyl groups excluding tert-OH is 1. The summed E-state index contributed by atoms with van der Waals surface area (Å²) in [6.07, 6.45) is 1.30. The maximum atomic E-state index is 9.90. The number of benzene rings is 1. The Morgan fingerprint density at radius 3 is 2.35 bits per heavy atom. The smallest absolute Gasteiger partial charge is 0.0812 e. The predicted octanol–water partition coefficient (Wildman–Crippen LogP) is 3.56. The fourth-order valence-corrected chi connectivity index (χ4v) is 1.52. The quantitative estimate of drug-likeness (QED) is 0.765. The summed E-state index contributed by atoms with van der Waals surface area (Å²) >= 11 is 0. The van der Waals surface area contributed by atoms with E-state index >= 15 is 0 Å². The lowest BCUT2D eigenvalue weighted by Gasteiger charge is -2.18. The zero-order valence-corrected chi connectivity index (χ0v) is 11.1.